The topological polar surface area (TPSA) is 222 Å². The molecule has 0 bridgehead atoms. The SMILES string of the molecule is CC(C)CC(NC(=O)C(N)Cc1cnc[nH]1)C(=O)NC(CC(N)=O)C(=O)NC(C(=O)O)C(C)C. The van der Waals surface area contributed by atoms with E-state index in [1.54, 1.807) is 13.8 Å². The molecule has 1 aromatic heterocycles. The second kappa shape index (κ2) is 13.3. The van der Waals surface area contributed by atoms with Crippen LogP contribution in [0.3, 0.4) is 0 Å². The number of carboxylic acid groups (broad SMARTS) is 1. The van der Waals surface area contributed by atoms with Gasteiger partial charge in [0.1, 0.15) is 18.1 Å². The number of primary amides is 1. The van der Waals surface area contributed by atoms with Crippen LogP contribution in [0.5, 0.6) is 0 Å². The van der Waals surface area contributed by atoms with Crippen LogP contribution in [-0.2, 0) is 30.4 Å². The van der Waals surface area contributed by atoms with E-state index in [0.29, 0.717) is 5.69 Å². The van der Waals surface area contributed by atoms with Crippen LogP contribution < -0.4 is 27.4 Å². The fraction of sp³-hybridized carbons (Fsp3) is 0.619. The smallest absolute Gasteiger partial charge is 0.326 e. The van der Waals surface area contributed by atoms with Crippen LogP contribution in [0.4, 0.5) is 0 Å². The third-order valence-electron chi connectivity index (χ3n) is 4.94. The van der Waals surface area contributed by atoms with Crippen molar-refractivity contribution in [2.24, 2.45) is 23.3 Å². The first kappa shape index (κ1) is 28.6. The Morgan fingerprint density at radius 1 is 1.00 bits per heavy atom. The molecule has 1 rings (SSSR count). The zero-order valence-corrected chi connectivity index (χ0v) is 19.8. The number of H-pyrrole nitrogens is 1. The zero-order chi connectivity index (χ0) is 26.0. The van der Waals surface area contributed by atoms with Crippen molar-refractivity contribution in [2.75, 3.05) is 0 Å². The van der Waals surface area contributed by atoms with Crippen LogP contribution in [-0.4, -0.2) is 68.8 Å². The Morgan fingerprint density at radius 2 is 1.59 bits per heavy atom. The van der Waals surface area contributed by atoms with Gasteiger partial charge in [-0.2, -0.15) is 0 Å². The van der Waals surface area contributed by atoms with Crippen molar-refractivity contribution in [2.45, 2.75) is 71.1 Å². The number of carboxylic acids is 1. The number of hydrogen-bond acceptors (Lipinski definition) is 7. The number of hydrogen-bond donors (Lipinski definition) is 7. The number of carbonyl (C=O) groups excluding carboxylic acids is 4. The Balaban J connectivity index is 2.95. The highest BCUT2D eigenvalue weighted by molar-refractivity contribution is 5.96. The number of imidazole rings is 1. The summed E-state index contributed by atoms with van der Waals surface area (Å²) in [5.41, 5.74) is 11.8. The molecule has 0 aliphatic carbocycles. The maximum Gasteiger partial charge on any atom is 0.326 e. The van der Waals surface area contributed by atoms with Gasteiger partial charge in [-0.15, -0.1) is 0 Å². The summed E-state index contributed by atoms with van der Waals surface area (Å²) in [6, 6.07) is -4.67. The third-order valence-corrected chi connectivity index (χ3v) is 4.94. The van der Waals surface area contributed by atoms with Crippen LogP contribution in [0.2, 0.25) is 0 Å². The lowest BCUT2D eigenvalue weighted by Gasteiger charge is -2.26. The first-order valence-corrected chi connectivity index (χ1v) is 11.0. The fourth-order valence-electron chi connectivity index (χ4n) is 3.16. The minimum absolute atomic E-state index is 0.0133. The number of nitrogens with zero attached hydrogens (tertiary/aromatic N) is 1. The Bertz CT molecular complexity index is 856. The number of aromatic nitrogens is 2. The van der Waals surface area contributed by atoms with Crippen LogP contribution >= 0.6 is 0 Å². The predicted molar refractivity (Wildman–Crippen MR) is 122 cm³/mol. The van der Waals surface area contributed by atoms with Gasteiger partial charge in [0.05, 0.1) is 18.8 Å². The van der Waals surface area contributed by atoms with Gasteiger partial charge in [-0.05, 0) is 18.3 Å². The van der Waals surface area contributed by atoms with Gasteiger partial charge >= 0.3 is 5.97 Å². The average molecular weight is 482 g/mol. The summed E-state index contributed by atoms with van der Waals surface area (Å²) in [5.74, 6) is -4.78. The first-order chi connectivity index (χ1) is 15.8. The van der Waals surface area contributed by atoms with Gasteiger partial charge in [0.25, 0.3) is 0 Å². The van der Waals surface area contributed by atoms with Gasteiger partial charge in [-0.1, -0.05) is 27.7 Å². The van der Waals surface area contributed by atoms with E-state index in [1.807, 2.05) is 13.8 Å². The monoisotopic (exact) mass is 481 g/mol. The number of amides is 4. The summed E-state index contributed by atoms with van der Waals surface area (Å²) in [6.45, 7) is 6.87. The molecule has 4 amide bonds. The van der Waals surface area contributed by atoms with Crippen molar-refractivity contribution in [1.82, 2.24) is 25.9 Å². The molecule has 0 saturated carbocycles. The molecule has 34 heavy (non-hydrogen) atoms. The Hall–Kier alpha value is -3.48. The van der Waals surface area contributed by atoms with Gasteiger partial charge in [-0.3, -0.25) is 19.2 Å². The van der Waals surface area contributed by atoms with Crippen molar-refractivity contribution in [3.05, 3.63) is 18.2 Å². The molecule has 13 nitrogen and oxygen atoms in total. The van der Waals surface area contributed by atoms with Crippen molar-refractivity contribution in [3.63, 3.8) is 0 Å². The number of aliphatic carboxylic acids is 1. The Morgan fingerprint density at radius 3 is 2.06 bits per heavy atom. The lowest BCUT2D eigenvalue weighted by Crippen LogP contribution is -2.58. The van der Waals surface area contributed by atoms with E-state index in [2.05, 4.69) is 25.9 Å². The second-order valence-electron chi connectivity index (χ2n) is 8.88. The molecule has 0 spiro atoms. The Kier molecular flexibility index (Phi) is 11.2. The van der Waals surface area contributed by atoms with Crippen molar-refractivity contribution >= 4 is 29.6 Å². The second-order valence-corrected chi connectivity index (χ2v) is 8.88. The largest absolute Gasteiger partial charge is 0.480 e. The molecule has 0 aliphatic heterocycles. The highest BCUT2D eigenvalue weighted by Gasteiger charge is 2.32. The maximum absolute atomic E-state index is 13.0. The van der Waals surface area contributed by atoms with E-state index in [4.69, 9.17) is 11.5 Å². The highest BCUT2D eigenvalue weighted by atomic mass is 16.4. The molecule has 9 N–H and O–H groups in total. The van der Waals surface area contributed by atoms with Crippen LogP contribution in [0.25, 0.3) is 0 Å². The summed E-state index contributed by atoms with van der Waals surface area (Å²) < 4.78 is 0. The number of nitrogens with two attached hydrogens (primary N) is 2. The normalized spacial score (nSPS) is 14.7. The van der Waals surface area contributed by atoms with E-state index in [0.717, 1.165) is 0 Å². The summed E-state index contributed by atoms with van der Waals surface area (Å²) >= 11 is 0. The quantitative estimate of drug-likeness (QED) is 0.163. The van der Waals surface area contributed by atoms with Crippen LogP contribution in [0, 0.1) is 11.8 Å². The number of rotatable bonds is 14. The maximum atomic E-state index is 13.0. The molecule has 13 heteroatoms. The van der Waals surface area contributed by atoms with Crippen LogP contribution in [0.15, 0.2) is 12.5 Å². The van der Waals surface area contributed by atoms with Gasteiger partial charge in [0.15, 0.2) is 0 Å². The molecule has 190 valence electrons. The van der Waals surface area contributed by atoms with E-state index < -0.39 is 66.1 Å². The molecule has 0 aliphatic rings. The molecule has 1 heterocycles. The molecule has 0 saturated heterocycles. The number of aromatic amines is 1. The van der Waals surface area contributed by atoms with Crippen LogP contribution in [0.1, 0.15) is 46.2 Å². The lowest BCUT2D eigenvalue weighted by molar-refractivity contribution is -0.143. The molecular formula is C21H35N7O6. The molecule has 0 aromatic carbocycles. The van der Waals surface area contributed by atoms with Gasteiger partial charge in [0.2, 0.25) is 23.6 Å². The first-order valence-electron chi connectivity index (χ1n) is 11.0. The van der Waals surface area contributed by atoms with E-state index in [9.17, 15) is 29.1 Å². The van der Waals surface area contributed by atoms with Gasteiger partial charge in [0, 0.05) is 18.3 Å². The summed E-state index contributed by atoms with van der Waals surface area (Å²) in [6.07, 6.45) is 2.82. The summed E-state index contributed by atoms with van der Waals surface area (Å²) in [4.78, 5) is 67.8. The summed E-state index contributed by atoms with van der Waals surface area (Å²) in [5, 5.41) is 16.6. The predicted octanol–water partition coefficient (Wildman–Crippen LogP) is -1.60. The lowest BCUT2D eigenvalue weighted by atomic mass is 10.0. The highest BCUT2D eigenvalue weighted by Crippen LogP contribution is 2.08. The minimum atomic E-state index is -1.42. The number of carbonyl (C=O) groups is 5. The fourth-order valence-corrected chi connectivity index (χ4v) is 3.16. The average Bonchev–Trinajstić information content (AvgIpc) is 3.22. The van der Waals surface area contributed by atoms with E-state index >= 15 is 0 Å². The zero-order valence-electron chi connectivity index (χ0n) is 19.8. The third kappa shape index (κ3) is 9.57. The van der Waals surface area contributed by atoms with E-state index in [1.165, 1.54) is 12.5 Å². The molecule has 4 unspecified atom stereocenters. The number of nitrogens with one attached hydrogen (secondary N) is 4. The molecule has 0 fully saturated rings. The molecular weight excluding hydrogens is 446 g/mol. The van der Waals surface area contributed by atoms with Gasteiger partial charge in [-0.25, -0.2) is 9.78 Å². The Labute approximate surface area is 197 Å². The van der Waals surface area contributed by atoms with Crippen molar-refractivity contribution < 1.29 is 29.1 Å². The summed E-state index contributed by atoms with van der Waals surface area (Å²) in [7, 11) is 0. The molecule has 0 radical (unpaired) electrons. The molecule has 1 aromatic rings. The van der Waals surface area contributed by atoms with Crippen molar-refractivity contribution in [1.29, 1.82) is 0 Å². The van der Waals surface area contributed by atoms with Gasteiger partial charge < -0.3 is 37.5 Å². The molecule has 4 atom stereocenters. The van der Waals surface area contributed by atoms with E-state index in [-0.39, 0.29) is 18.8 Å². The standard InChI is InChI=1S/C21H35N7O6/c1-10(2)5-14(26-18(30)13(22)6-12-8-24-9-25-12)19(31)27-15(7-16(23)29)20(32)28-17(11(3)4)21(33)34/h8-11,13-15,17H,5-7,22H2,1-4H3,(H2,23,29)(H,24,25)(H,26,30)(H,27,31)(H,28,32)(H,33,34). The van der Waals surface area contributed by atoms with Crippen molar-refractivity contribution in [3.8, 4) is 0 Å². The minimum Gasteiger partial charge on any atom is -0.480 e.